The van der Waals surface area contributed by atoms with Crippen molar-refractivity contribution in [3.63, 3.8) is 0 Å². The highest BCUT2D eigenvalue weighted by Crippen LogP contribution is 2.34. The third-order valence-electron chi connectivity index (χ3n) is 3.59. The molecule has 1 heterocycles. The maximum atomic E-state index is 12.2. The van der Waals surface area contributed by atoms with Crippen LogP contribution in [0.15, 0.2) is 24.3 Å². The fourth-order valence-corrected chi connectivity index (χ4v) is 2.45. The van der Waals surface area contributed by atoms with E-state index in [9.17, 15) is 14.9 Å². The van der Waals surface area contributed by atoms with Gasteiger partial charge in [-0.05, 0) is 37.8 Å². The lowest BCUT2D eigenvalue weighted by molar-refractivity contribution is -0.384. The number of fused-ring (bicyclic) bond motifs is 1. The Morgan fingerprint density at radius 1 is 1.42 bits per heavy atom. The molecule has 1 saturated carbocycles. The van der Waals surface area contributed by atoms with Crippen molar-refractivity contribution in [3.8, 4) is 0 Å². The first-order valence-corrected chi connectivity index (χ1v) is 6.36. The molecule has 0 amide bonds. The van der Waals surface area contributed by atoms with E-state index < -0.39 is 4.92 Å². The highest BCUT2D eigenvalue weighted by Gasteiger charge is 2.26. The van der Waals surface area contributed by atoms with Gasteiger partial charge in [0.05, 0.1) is 10.4 Å². The Balaban J connectivity index is 2.06. The SMILES string of the molecule is Cc1cc2cc([N+](=O)[O-])ccc2n1C(=O)CC1CC1. The van der Waals surface area contributed by atoms with Gasteiger partial charge in [0.2, 0.25) is 5.91 Å². The first-order chi connectivity index (χ1) is 9.06. The van der Waals surface area contributed by atoms with Crippen LogP contribution in [0.2, 0.25) is 0 Å². The van der Waals surface area contributed by atoms with Crippen LogP contribution in [-0.2, 0) is 0 Å². The third-order valence-corrected chi connectivity index (χ3v) is 3.59. The van der Waals surface area contributed by atoms with Crippen LogP contribution in [0.25, 0.3) is 10.9 Å². The topological polar surface area (TPSA) is 65.1 Å². The highest BCUT2D eigenvalue weighted by atomic mass is 16.6. The number of nitro benzene ring substituents is 1. The number of non-ortho nitro benzene ring substituents is 1. The van der Waals surface area contributed by atoms with Crippen LogP contribution < -0.4 is 0 Å². The summed E-state index contributed by atoms with van der Waals surface area (Å²) in [6.45, 7) is 1.86. The molecule has 1 aliphatic carbocycles. The minimum absolute atomic E-state index is 0.0549. The number of aryl methyl sites for hydroxylation is 1. The third kappa shape index (κ3) is 2.12. The second-order valence-electron chi connectivity index (χ2n) is 5.16. The van der Waals surface area contributed by atoms with Gasteiger partial charge in [0.25, 0.3) is 5.69 Å². The zero-order chi connectivity index (χ0) is 13.6. The summed E-state index contributed by atoms with van der Waals surface area (Å²) in [5, 5.41) is 11.5. The number of rotatable bonds is 3. The van der Waals surface area contributed by atoms with Crippen LogP contribution in [0.5, 0.6) is 0 Å². The molecule has 0 saturated heterocycles. The maximum Gasteiger partial charge on any atom is 0.270 e. The second kappa shape index (κ2) is 4.19. The molecule has 98 valence electrons. The van der Waals surface area contributed by atoms with Gasteiger partial charge in [0, 0.05) is 29.6 Å². The molecule has 0 atom stereocenters. The van der Waals surface area contributed by atoms with Crippen LogP contribution >= 0.6 is 0 Å². The van der Waals surface area contributed by atoms with Crippen molar-refractivity contribution in [2.75, 3.05) is 0 Å². The molecule has 0 aliphatic heterocycles. The average Bonchev–Trinajstić information content (AvgIpc) is 3.08. The Kier molecular flexibility index (Phi) is 2.62. The minimum Gasteiger partial charge on any atom is -0.285 e. The lowest BCUT2D eigenvalue weighted by Gasteiger charge is -2.05. The average molecular weight is 258 g/mol. The molecule has 1 fully saturated rings. The quantitative estimate of drug-likeness (QED) is 0.626. The summed E-state index contributed by atoms with van der Waals surface area (Å²) >= 11 is 0. The Morgan fingerprint density at radius 3 is 2.79 bits per heavy atom. The van der Waals surface area contributed by atoms with E-state index in [2.05, 4.69) is 0 Å². The van der Waals surface area contributed by atoms with Gasteiger partial charge in [-0.1, -0.05) is 0 Å². The molecule has 1 aromatic heterocycles. The molecular weight excluding hydrogens is 244 g/mol. The molecule has 0 spiro atoms. The predicted molar refractivity (Wildman–Crippen MR) is 71.3 cm³/mol. The van der Waals surface area contributed by atoms with Crippen LogP contribution in [0, 0.1) is 23.0 Å². The van der Waals surface area contributed by atoms with Gasteiger partial charge in [-0.3, -0.25) is 19.5 Å². The number of aromatic nitrogens is 1. The molecule has 1 aromatic carbocycles. The Bertz CT molecular complexity index is 683. The molecule has 0 radical (unpaired) electrons. The minimum atomic E-state index is -0.419. The molecule has 0 bridgehead atoms. The van der Waals surface area contributed by atoms with E-state index in [-0.39, 0.29) is 11.6 Å². The van der Waals surface area contributed by atoms with Crippen molar-refractivity contribution < 1.29 is 9.72 Å². The Morgan fingerprint density at radius 2 is 2.16 bits per heavy atom. The van der Waals surface area contributed by atoms with Crippen LogP contribution in [0.3, 0.4) is 0 Å². The lowest BCUT2D eigenvalue weighted by atomic mass is 10.2. The number of hydrogen-bond donors (Lipinski definition) is 0. The number of carbonyl (C=O) groups excluding carboxylic acids is 1. The van der Waals surface area contributed by atoms with Gasteiger partial charge in [-0.25, -0.2) is 0 Å². The predicted octanol–water partition coefficient (Wildman–Crippen LogP) is 3.30. The van der Waals surface area contributed by atoms with E-state index in [4.69, 9.17) is 0 Å². The Labute approximate surface area is 110 Å². The molecule has 0 N–H and O–H groups in total. The van der Waals surface area contributed by atoms with Gasteiger partial charge in [-0.2, -0.15) is 0 Å². The van der Waals surface area contributed by atoms with Crippen LogP contribution in [0.1, 0.15) is 29.8 Å². The molecule has 1 aliphatic rings. The fraction of sp³-hybridized carbons (Fsp3) is 0.357. The smallest absolute Gasteiger partial charge is 0.270 e. The van der Waals surface area contributed by atoms with Crippen molar-refractivity contribution >= 4 is 22.5 Å². The zero-order valence-electron chi connectivity index (χ0n) is 10.6. The van der Waals surface area contributed by atoms with Gasteiger partial charge >= 0.3 is 0 Å². The number of nitro groups is 1. The maximum absolute atomic E-state index is 12.2. The summed E-state index contributed by atoms with van der Waals surface area (Å²) in [6, 6.07) is 6.45. The standard InChI is InChI=1S/C14H14N2O3/c1-9-6-11-8-12(16(18)19)4-5-13(11)15(9)14(17)7-10-2-3-10/h4-6,8,10H,2-3,7H2,1H3. The first kappa shape index (κ1) is 11.9. The lowest BCUT2D eigenvalue weighted by Crippen LogP contribution is -2.12. The molecular formula is C14H14N2O3. The van der Waals surface area contributed by atoms with E-state index in [0.29, 0.717) is 12.3 Å². The number of hydrogen-bond acceptors (Lipinski definition) is 3. The van der Waals surface area contributed by atoms with Crippen molar-refractivity contribution in [3.05, 3.63) is 40.1 Å². The first-order valence-electron chi connectivity index (χ1n) is 6.36. The summed E-state index contributed by atoms with van der Waals surface area (Å²) in [4.78, 5) is 22.6. The summed E-state index contributed by atoms with van der Waals surface area (Å²) < 4.78 is 1.68. The number of nitrogens with zero attached hydrogens (tertiary/aromatic N) is 2. The highest BCUT2D eigenvalue weighted by molar-refractivity contribution is 5.94. The normalized spacial score (nSPS) is 14.8. The monoisotopic (exact) mass is 258 g/mol. The fourth-order valence-electron chi connectivity index (χ4n) is 2.45. The molecule has 19 heavy (non-hydrogen) atoms. The van der Waals surface area contributed by atoms with Gasteiger partial charge in [0.15, 0.2) is 0 Å². The summed E-state index contributed by atoms with van der Waals surface area (Å²) in [5.74, 6) is 0.617. The van der Waals surface area contributed by atoms with Crippen LogP contribution in [-0.4, -0.2) is 15.4 Å². The van der Waals surface area contributed by atoms with E-state index >= 15 is 0 Å². The van der Waals surface area contributed by atoms with E-state index in [1.165, 1.54) is 12.1 Å². The van der Waals surface area contributed by atoms with Crippen molar-refractivity contribution in [1.29, 1.82) is 0 Å². The van der Waals surface area contributed by atoms with Crippen LogP contribution in [0.4, 0.5) is 5.69 Å². The van der Waals surface area contributed by atoms with E-state index in [0.717, 1.165) is 29.4 Å². The number of carbonyl (C=O) groups is 1. The van der Waals surface area contributed by atoms with Crippen molar-refractivity contribution in [1.82, 2.24) is 4.57 Å². The molecule has 5 nitrogen and oxygen atoms in total. The Hall–Kier alpha value is -2.17. The second-order valence-corrected chi connectivity index (χ2v) is 5.16. The summed E-state index contributed by atoms with van der Waals surface area (Å²) in [7, 11) is 0. The van der Waals surface area contributed by atoms with Gasteiger partial charge in [-0.15, -0.1) is 0 Å². The zero-order valence-corrected chi connectivity index (χ0v) is 10.6. The van der Waals surface area contributed by atoms with Gasteiger partial charge in [0.1, 0.15) is 0 Å². The van der Waals surface area contributed by atoms with Crippen molar-refractivity contribution in [2.24, 2.45) is 5.92 Å². The molecule has 2 aromatic rings. The molecule has 5 heteroatoms. The molecule has 3 rings (SSSR count). The van der Waals surface area contributed by atoms with Gasteiger partial charge < -0.3 is 0 Å². The van der Waals surface area contributed by atoms with Crippen molar-refractivity contribution in [2.45, 2.75) is 26.2 Å². The number of benzene rings is 1. The van der Waals surface area contributed by atoms with E-state index in [1.807, 2.05) is 13.0 Å². The summed E-state index contributed by atoms with van der Waals surface area (Å²) in [5.41, 5.74) is 1.65. The molecule has 0 unspecified atom stereocenters. The van der Waals surface area contributed by atoms with E-state index in [1.54, 1.807) is 10.6 Å². The largest absolute Gasteiger partial charge is 0.285 e. The summed E-state index contributed by atoms with van der Waals surface area (Å²) in [6.07, 6.45) is 2.84.